The van der Waals surface area contributed by atoms with E-state index < -0.39 is 0 Å². The van der Waals surface area contributed by atoms with Crippen LogP contribution in [0.2, 0.25) is 0 Å². The number of anilines is 1. The lowest BCUT2D eigenvalue weighted by Gasteiger charge is -2.17. The Morgan fingerprint density at radius 2 is 2.24 bits per heavy atom. The minimum Gasteiger partial charge on any atom is -0.492 e. The van der Waals surface area contributed by atoms with Crippen LogP contribution in [0.25, 0.3) is 11.3 Å². The number of rotatable bonds is 4. The normalized spacial score (nSPS) is 17.8. The molecule has 2 aromatic heterocycles. The van der Waals surface area contributed by atoms with Gasteiger partial charge in [0.15, 0.2) is 0 Å². The van der Waals surface area contributed by atoms with E-state index in [1.807, 2.05) is 37.5 Å². The summed E-state index contributed by atoms with van der Waals surface area (Å²) in [6.07, 6.45) is 7.19. The molecule has 1 fully saturated rings. The highest BCUT2D eigenvalue weighted by molar-refractivity contribution is 5.97. The SMILES string of the molecule is Cn1cc(-c2ccnc(N3CCC(NC(=O)c4cccc5c4OCC5)C3)n2)cn1. The van der Waals surface area contributed by atoms with Gasteiger partial charge < -0.3 is 15.0 Å². The van der Waals surface area contributed by atoms with Crippen molar-refractivity contribution in [1.82, 2.24) is 25.1 Å². The van der Waals surface area contributed by atoms with Crippen molar-refractivity contribution in [1.29, 1.82) is 0 Å². The Morgan fingerprint density at radius 1 is 1.31 bits per heavy atom. The summed E-state index contributed by atoms with van der Waals surface area (Å²) >= 11 is 0. The van der Waals surface area contributed by atoms with Crippen molar-refractivity contribution in [3.8, 4) is 17.0 Å². The molecular formula is C21H22N6O2. The van der Waals surface area contributed by atoms with E-state index in [0.717, 1.165) is 42.0 Å². The van der Waals surface area contributed by atoms with Crippen LogP contribution >= 0.6 is 0 Å². The van der Waals surface area contributed by atoms with Gasteiger partial charge in [-0.3, -0.25) is 9.48 Å². The number of fused-ring (bicyclic) bond motifs is 1. The summed E-state index contributed by atoms with van der Waals surface area (Å²) in [5, 5.41) is 7.35. The number of hydrogen-bond acceptors (Lipinski definition) is 6. The van der Waals surface area contributed by atoms with E-state index in [1.54, 1.807) is 17.1 Å². The number of carbonyl (C=O) groups excluding carboxylic acids is 1. The molecule has 1 aromatic carbocycles. The van der Waals surface area contributed by atoms with Gasteiger partial charge in [0.2, 0.25) is 5.95 Å². The zero-order valence-electron chi connectivity index (χ0n) is 16.2. The highest BCUT2D eigenvalue weighted by Crippen LogP contribution is 2.29. The average Bonchev–Trinajstić information content (AvgIpc) is 3.48. The number of benzene rings is 1. The van der Waals surface area contributed by atoms with Gasteiger partial charge in [0, 0.05) is 50.6 Å². The molecule has 8 heteroatoms. The van der Waals surface area contributed by atoms with Crippen LogP contribution in [0.15, 0.2) is 42.9 Å². The summed E-state index contributed by atoms with van der Waals surface area (Å²) in [5.41, 5.74) is 3.52. The largest absolute Gasteiger partial charge is 0.492 e. The molecule has 2 aliphatic rings. The molecule has 2 aliphatic heterocycles. The van der Waals surface area contributed by atoms with Gasteiger partial charge in [-0.05, 0) is 24.1 Å². The van der Waals surface area contributed by atoms with Gasteiger partial charge in [-0.1, -0.05) is 12.1 Å². The van der Waals surface area contributed by atoms with Crippen LogP contribution in [0, 0.1) is 0 Å². The third-order valence-corrected chi connectivity index (χ3v) is 5.41. The molecule has 0 bridgehead atoms. The first-order chi connectivity index (χ1) is 14.2. The number of ether oxygens (including phenoxy) is 1. The molecule has 1 amide bonds. The Kier molecular flexibility index (Phi) is 4.38. The van der Waals surface area contributed by atoms with Crippen LogP contribution in [0.4, 0.5) is 5.95 Å². The number of amides is 1. The number of carbonyl (C=O) groups is 1. The topological polar surface area (TPSA) is 85.2 Å². The van der Waals surface area contributed by atoms with Crippen LogP contribution in [-0.2, 0) is 13.5 Å². The van der Waals surface area contributed by atoms with Gasteiger partial charge in [-0.2, -0.15) is 5.10 Å². The fourth-order valence-electron chi connectivity index (χ4n) is 3.93. The quantitative estimate of drug-likeness (QED) is 0.732. The summed E-state index contributed by atoms with van der Waals surface area (Å²) in [6.45, 7) is 2.12. The lowest BCUT2D eigenvalue weighted by atomic mass is 10.1. The van der Waals surface area contributed by atoms with Crippen molar-refractivity contribution in [3.63, 3.8) is 0 Å². The van der Waals surface area contributed by atoms with E-state index in [1.165, 1.54) is 0 Å². The molecule has 1 unspecified atom stereocenters. The molecule has 0 saturated carbocycles. The van der Waals surface area contributed by atoms with Crippen molar-refractivity contribution in [3.05, 3.63) is 54.0 Å². The predicted octanol–water partition coefficient (Wildman–Crippen LogP) is 1.82. The van der Waals surface area contributed by atoms with E-state index in [2.05, 4.69) is 25.3 Å². The highest BCUT2D eigenvalue weighted by Gasteiger charge is 2.28. The van der Waals surface area contributed by atoms with Crippen molar-refractivity contribution < 1.29 is 9.53 Å². The number of nitrogens with one attached hydrogen (secondary N) is 1. The summed E-state index contributed by atoms with van der Waals surface area (Å²) in [5.74, 6) is 1.32. The smallest absolute Gasteiger partial charge is 0.255 e. The van der Waals surface area contributed by atoms with Gasteiger partial charge in [0.25, 0.3) is 5.91 Å². The first-order valence-corrected chi connectivity index (χ1v) is 9.80. The molecule has 8 nitrogen and oxygen atoms in total. The van der Waals surface area contributed by atoms with Crippen LogP contribution < -0.4 is 15.0 Å². The standard InChI is InChI=1S/C21H22N6O2/c1-26-12-15(11-23-26)18-5-8-22-21(25-18)27-9-6-16(13-27)24-20(28)17-4-2-3-14-7-10-29-19(14)17/h2-5,8,11-12,16H,6-7,9-10,13H2,1H3,(H,24,28). The fraction of sp³-hybridized carbons (Fsp3) is 0.333. The van der Waals surface area contributed by atoms with E-state index in [4.69, 9.17) is 4.74 Å². The van der Waals surface area contributed by atoms with Crippen molar-refractivity contribution >= 4 is 11.9 Å². The summed E-state index contributed by atoms with van der Waals surface area (Å²) in [6, 6.07) is 7.69. The van der Waals surface area contributed by atoms with Gasteiger partial charge >= 0.3 is 0 Å². The van der Waals surface area contributed by atoms with Crippen LogP contribution in [-0.4, -0.2) is 51.4 Å². The van der Waals surface area contributed by atoms with Crippen molar-refractivity contribution in [2.45, 2.75) is 18.9 Å². The third kappa shape index (κ3) is 3.41. The zero-order valence-corrected chi connectivity index (χ0v) is 16.2. The van der Waals surface area contributed by atoms with Crippen LogP contribution in [0.1, 0.15) is 22.3 Å². The van der Waals surface area contributed by atoms with Crippen molar-refractivity contribution in [2.75, 3.05) is 24.6 Å². The zero-order chi connectivity index (χ0) is 19.8. The molecule has 5 rings (SSSR count). The molecule has 0 radical (unpaired) electrons. The Bertz CT molecular complexity index is 1060. The highest BCUT2D eigenvalue weighted by atomic mass is 16.5. The second-order valence-electron chi connectivity index (χ2n) is 7.44. The van der Waals surface area contributed by atoms with E-state index in [9.17, 15) is 4.79 Å². The number of nitrogens with zero attached hydrogens (tertiary/aromatic N) is 5. The van der Waals surface area contributed by atoms with Gasteiger partial charge in [0.1, 0.15) is 5.75 Å². The number of aryl methyl sites for hydroxylation is 1. The average molecular weight is 390 g/mol. The summed E-state index contributed by atoms with van der Waals surface area (Å²) in [7, 11) is 1.88. The van der Waals surface area contributed by atoms with Gasteiger partial charge in [-0.15, -0.1) is 0 Å². The molecule has 0 spiro atoms. The van der Waals surface area contributed by atoms with Crippen LogP contribution in [0.5, 0.6) is 5.75 Å². The Morgan fingerprint density at radius 3 is 3.10 bits per heavy atom. The maximum atomic E-state index is 12.8. The Balaban J connectivity index is 1.27. The summed E-state index contributed by atoms with van der Waals surface area (Å²) < 4.78 is 7.42. The molecular weight excluding hydrogens is 368 g/mol. The van der Waals surface area contributed by atoms with E-state index in [-0.39, 0.29) is 11.9 Å². The molecule has 3 aromatic rings. The van der Waals surface area contributed by atoms with Crippen molar-refractivity contribution in [2.24, 2.45) is 7.05 Å². The molecule has 4 heterocycles. The predicted molar refractivity (Wildman–Crippen MR) is 108 cm³/mol. The molecule has 1 N–H and O–H groups in total. The van der Waals surface area contributed by atoms with Gasteiger partial charge in [-0.25, -0.2) is 9.97 Å². The third-order valence-electron chi connectivity index (χ3n) is 5.41. The molecule has 1 atom stereocenters. The fourth-order valence-corrected chi connectivity index (χ4v) is 3.93. The van der Waals surface area contributed by atoms with Gasteiger partial charge in [0.05, 0.1) is 24.1 Å². The Hall–Kier alpha value is -3.42. The maximum Gasteiger partial charge on any atom is 0.255 e. The lowest BCUT2D eigenvalue weighted by molar-refractivity contribution is 0.0937. The minimum absolute atomic E-state index is 0.0467. The first kappa shape index (κ1) is 17.7. The molecule has 1 saturated heterocycles. The van der Waals surface area contributed by atoms with E-state index in [0.29, 0.717) is 24.7 Å². The maximum absolute atomic E-state index is 12.8. The molecule has 29 heavy (non-hydrogen) atoms. The van der Waals surface area contributed by atoms with E-state index >= 15 is 0 Å². The lowest BCUT2D eigenvalue weighted by Crippen LogP contribution is -2.37. The first-order valence-electron chi connectivity index (χ1n) is 9.80. The molecule has 0 aliphatic carbocycles. The Labute approximate surface area is 168 Å². The summed E-state index contributed by atoms with van der Waals surface area (Å²) in [4.78, 5) is 24.0. The monoisotopic (exact) mass is 390 g/mol. The minimum atomic E-state index is -0.0828. The molecule has 148 valence electrons. The van der Waals surface area contributed by atoms with Crippen LogP contribution in [0.3, 0.4) is 0 Å². The number of para-hydroxylation sites is 1. The second kappa shape index (κ2) is 7.20. The second-order valence-corrected chi connectivity index (χ2v) is 7.44. The number of aromatic nitrogens is 4. The number of hydrogen-bond donors (Lipinski definition) is 1.